The Hall–Kier alpha value is -1.28. The second-order valence-corrected chi connectivity index (χ2v) is 4.40. The van der Waals surface area contributed by atoms with Crippen molar-refractivity contribution in [1.29, 1.82) is 0 Å². The fourth-order valence-corrected chi connectivity index (χ4v) is 1.68. The minimum atomic E-state index is 0.914. The Balaban J connectivity index is 4.15. The van der Waals surface area contributed by atoms with Gasteiger partial charge in [-0.25, -0.2) is 0 Å². The van der Waals surface area contributed by atoms with E-state index in [1.54, 1.807) is 18.0 Å². The third-order valence-corrected chi connectivity index (χ3v) is 2.64. The zero-order valence-corrected chi connectivity index (χ0v) is 11.4. The number of nitrogens with zero attached hydrogens (tertiary/aromatic N) is 1. The van der Waals surface area contributed by atoms with Crippen LogP contribution < -0.4 is 0 Å². The topological polar surface area (TPSA) is 12.4 Å². The van der Waals surface area contributed by atoms with Gasteiger partial charge in [-0.05, 0) is 24.1 Å². The van der Waals surface area contributed by atoms with Gasteiger partial charge in [-0.2, -0.15) is 0 Å². The first-order valence-corrected chi connectivity index (χ1v) is 6.70. The molecule has 0 aliphatic heterocycles. The molecule has 0 aliphatic carbocycles. The van der Waals surface area contributed by atoms with Crippen molar-refractivity contribution in [2.24, 2.45) is 4.99 Å². The van der Waals surface area contributed by atoms with E-state index in [0.717, 1.165) is 29.7 Å². The van der Waals surface area contributed by atoms with Crippen LogP contribution in [0.1, 0.15) is 19.8 Å². The molecule has 0 unspecified atom stereocenters. The summed E-state index contributed by atoms with van der Waals surface area (Å²) in [7, 11) is 0. The molecule has 17 heavy (non-hydrogen) atoms. The Bertz CT molecular complexity index is 335. The van der Waals surface area contributed by atoms with Crippen LogP contribution >= 0.6 is 11.8 Å². The van der Waals surface area contributed by atoms with Crippen molar-refractivity contribution in [3.8, 4) is 0 Å². The summed E-state index contributed by atoms with van der Waals surface area (Å²) < 4.78 is 0. The van der Waals surface area contributed by atoms with Crippen LogP contribution in [0.15, 0.2) is 65.2 Å². The highest BCUT2D eigenvalue weighted by atomic mass is 32.2. The van der Waals surface area contributed by atoms with E-state index in [0.29, 0.717) is 0 Å². The van der Waals surface area contributed by atoms with E-state index >= 15 is 0 Å². The molecule has 0 heterocycles. The van der Waals surface area contributed by atoms with E-state index in [1.165, 1.54) is 0 Å². The zero-order chi connectivity index (χ0) is 12.9. The Morgan fingerprint density at radius 2 is 2.18 bits per heavy atom. The molecule has 1 nitrogen and oxygen atoms in total. The van der Waals surface area contributed by atoms with Gasteiger partial charge in [0.15, 0.2) is 0 Å². The van der Waals surface area contributed by atoms with Crippen molar-refractivity contribution >= 4 is 18.5 Å². The Morgan fingerprint density at radius 3 is 2.76 bits per heavy atom. The first-order valence-electron chi connectivity index (χ1n) is 5.65. The predicted octanol–water partition coefficient (Wildman–Crippen LogP) is 4.92. The number of aliphatic imine (C=N–C) groups is 1. The normalized spacial score (nSPS) is 12.2. The highest BCUT2D eigenvalue weighted by Crippen LogP contribution is 2.10. The SMILES string of the molecule is C=CC(=C/C(=C)CCC)/C=C/CS/C=C\N=C. The van der Waals surface area contributed by atoms with Crippen LogP contribution in [0.2, 0.25) is 0 Å². The molecule has 0 aromatic heterocycles. The Morgan fingerprint density at radius 1 is 1.41 bits per heavy atom. The smallest absolute Gasteiger partial charge is 0.0323 e. The largest absolute Gasteiger partial charge is 0.272 e. The molecular formula is C15H21NS. The van der Waals surface area contributed by atoms with Gasteiger partial charge in [0.2, 0.25) is 0 Å². The number of thioether (sulfide) groups is 1. The van der Waals surface area contributed by atoms with E-state index in [-0.39, 0.29) is 0 Å². The lowest BCUT2D eigenvalue weighted by atomic mass is 10.1. The Kier molecular flexibility index (Phi) is 10.4. The molecule has 0 saturated heterocycles. The van der Waals surface area contributed by atoms with Gasteiger partial charge in [0.25, 0.3) is 0 Å². The maximum Gasteiger partial charge on any atom is 0.0323 e. The van der Waals surface area contributed by atoms with E-state index in [1.807, 2.05) is 11.5 Å². The summed E-state index contributed by atoms with van der Waals surface area (Å²) in [4.78, 5) is 3.63. The van der Waals surface area contributed by atoms with Crippen LogP contribution in [0.5, 0.6) is 0 Å². The van der Waals surface area contributed by atoms with Gasteiger partial charge in [0, 0.05) is 12.0 Å². The second-order valence-electron chi connectivity index (χ2n) is 3.46. The van der Waals surface area contributed by atoms with Crippen LogP contribution in [-0.4, -0.2) is 12.5 Å². The summed E-state index contributed by atoms with van der Waals surface area (Å²) in [6, 6.07) is 0. The molecule has 0 N–H and O–H groups in total. The van der Waals surface area contributed by atoms with Crippen LogP contribution in [-0.2, 0) is 0 Å². The van der Waals surface area contributed by atoms with Crippen LogP contribution in [0.4, 0.5) is 0 Å². The van der Waals surface area contributed by atoms with Gasteiger partial charge in [0.1, 0.15) is 0 Å². The van der Waals surface area contributed by atoms with E-state index < -0.39 is 0 Å². The number of rotatable bonds is 9. The first kappa shape index (κ1) is 15.7. The van der Waals surface area contributed by atoms with Gasteiger partial charge < -0.3 is 0 Å². The minimum Gasteiger partial charge on any atom is -0.272 e. The fourth-order valence-electron chi connectivity index (χ4n) is 1.19. The zero-order valence-electron chi connectivity index (χ0n) is 10.6. The molecule has 0 radical (unpaired) electrons. The average molecular weight is 247 g/mol. The summed E-state index contributed by atoms with van der Waals surface area (Å²) in [6.07, 6.45) is 11.9. The quantitative estimate of drug-likeness (QED) is 0.320. The van der Waals surface area contributed by atoms with Crippen molar-refractivity contribution in [1.82, 2.24) is 0 Å². The monoisotopic (exact) mass is 247 g/mol. The van der Waals surface area contributed by atoms with E-state index in [4.69, 9.17) is 0 Å². The molecule has 0 spiro atoms. The third-order valence-electron chi connectivity index (χ3n) is 1.94. The van der Waals surface area contributed by atoms with Gasteiger partial charge in [-0.1, -0.05) is 56.4 Å². The van der Waals surface area contributed by atoms with Crippen molar-refractivity contribution < 1.29 is 0 Å². The molecule has 0 bridgehead atoms. The average Bonchev–Trinajstić information content (AvgIpc) is 2.32. The molecule has 0 aromatic rings. The molecule has 0 aliphatic rings. The molecule has 0 fully saturated rings. The van der Waals surface area contributed by atoms with Crippen molar-refractivity contribution in [2.45, 2.75) is 19.8 Å². The number of hydrogen-bond acceptors (Lipinski definition) is 2. The number of hydrogen-bond donors (Lipinski definition) is 0. The molecule has 0 atom stereocenters. The maximum absolute atomic E-state index is 4.01. The van der Waals surface area contributed by atoms with Crippen LogP contribution in [0, 0.1) is 0 Å². The lowest BCUT2D eigenvalue weighted by Crippen LogP contribution is -1.78. The summed E-state index contributed by atoms with van der Waals surface area (Å²) >= 11 is 1.67. The van der Waals surface area contributed by atoms with Crippen molar-refractivity contribution in [3.63, 3.8) is 0 Å². The summed E-state index contributed by atoms with van der Waals surface area (Å²) in [5, 5.41) is 1.92. The first-order chi connectivity index (χ1) is 8.24. The van der Waals surface area contributed by atoms with Gasteiger partial charge in [-0.3, -0.25) is 4.99 Å². The fraction of sp³-hybridized carbons (Fsp3) is 0.267. The van der Waals surface area contributed by atoms with Crippen LogP contribution in [0.3, 0.4) is 0 Å². The van der Waals surface area contributed by atoms with Gasteiger partial charge in [-0.15, -0.1) is 11.8 Å². The lowest BCUT2D eigenvalue weighted by Gasteiger charge is -1.98. The lowest BCUT2D eigenvalue weighted by molar-refractivity contribution is 0.929. The molecule has 0 saturated carbocycles. The molecule has 0 amide bonds. The maximum atomic E-state index is 4.01. The Labute approximate surface area is 109 Å². The number of allylic oxidation sites excluding steroid dienone is 5. The molecule has 0 rings (SSSR count). The molecule has 2 heteroatoms. The van der Waals surface area contributed by atoms with Gasteiger partial charge >= 0.3 is 0 Å². The van der Waals surface area contributed by atoms with Crippen LogP contribution in [0.25, 0.3) is 0 Å². The highest BCUT2D eigenvalue weighted by Gasteiger charge is 1.89. The molecule has 0 aromatic carbocycles. The van der Waals surface area contributed by atoms with Gasteiger partial charge in [0.05, 0.1) is 0 Å². The second kappa shape index (κ2) is 11.2. The molecule has 92 valence electrons. The predicted molar refractivity (Wildman–Crippen MR) is 82.6 cm³/mol. The van der Waals surface area contributed by atoms with Crippen molar-refractivity contribution in [2.75, 3.05) is 5.75 Å². The third kappa shape index (κ3) is 9.64. The summed E-state index contributed by atoms with van der Waals surface area (Å²) in [6.45, 7) is 13.3. The summed E-state index contributed by atoms with van der Waals surface area (Å²) in [5.74, 6) is 0.914. The standard InChI is InChI=1S/C15H21NS/c1-5-8-14(3)13-15(6-2)9-7-11-17-12-10-16-4/h6-7,9-10,12-13H,2-5,8,11H2,1H3/b9-7+,12-10-,15-13-. The van der Waals surface area contributed by atoms with E-state index in [9.17, 15) is 0 Å². The minimum absolute atomic E-state index is 0.914. The molecular weight excluding hydrogens is 226 g/mol. The van der Waals surface area contributed by atoms with E-state index in [2.05, 4.69) is 50.0 Å². The summed E-state index contributed by atoms with van der Waals surface area (Å²) in [5.41, 5.74) is 2.25. The van der Waals surface area contributed by atoms with Crippen molar-refractivity contribution in [3.05, 3.63) is 60.2 Å². The highest BCUT2D eigenvalue weighted by molar-refractivity contribution is 8.02.